The van der Waals surface area contributed by atoms with Gasteiger partial charge in [-0.3, -0.25) is 4.79 Å². The second-order valence-corrected chi connectivity index (χ2v) is 2.27. The molecule has 70 valence electrons. The van der Waals surface area contributed by atoms with E-state index in [2.05, 4.69) is 6.58 Å². The van der Waals surface area contributed by atoms with E-state index in [1.54, 1.807) is 0 Å². The van der Waals surface area contributed by atoms with Gasteiger partial charge in [-0.05, 0) is 6.42 Å². The van der Waals surface area contributed by atoms with E-state index in [1.165, 1.54) is 6.08 Å². The predicted octanol–water partition coefficient (Wildman–Crippen LogP) is 0.271. The summed E-state index contributed by atoms with van der Waals surface area (Å²) in [5, 5.41) is 2.00. The highest BCUT2D eigenvalue weighted by Gasteiger charge is 2.12. The lowest BCUT2D eigenvalue weighted by Gasteiger charge is -2.09. The highest BCUT2D eigenvalue weighted by atomic mass is 19.3. The fourth-order valence-electron chi connectivity index (χ4n) is 0.595. The quantitative estimate of drug-likeness (QED) is 0.594. The second kappa shape index (κ2) is 5.65. The maximum Gasteiger partial charge on any atom is 0.255 e. The molecule has 3 nitrogen and oxygen atoms in total. The Hall–Kier alpha value is -0.970. The zero-order chi connectivity index (χ0) is 9.56. The lowest BCUT2D eigenvalue weighted by atomic mass is 10.2. The van der Waals surface area contributed by atoms with Gasteiger partial charge in [0.1, 0.15) is 0 Å². The number of hydrogen-bond donors (Lipinski definition) is 2. The minimum Gasteiger partial charge on any atom is -0.349 e. The van der Waals surface area contributed by atoms with Gasteiger partial charge < -0.3 is 11.1 Å². The maximum absolute atomic E-state index is 11.6. The molecule has 0 aliphatic heterocycles. The van der Waals surface area contributed by atoms with E-state index in [1.807, 2.05) is 5.32 Å². The number of amides is 1. The molecular formula is C7H12F2N2O. The van der Waals surface area contributed by atoms with Crippen LogP contribution in [0.15, 0.2) is 12.7 Å². The number of nitrogens with one attached hydrogen (secondary N) is 1. The van der Waals surface area contributed by atoms with Crippen molar-refractivity contribution in [1.82, 2.24) is 5.32 Å². The summed E-state index contributed by atoms with van der Waals surface area (Å²) < 4.78 is 23.1. The number of rotatable bonds is 5. The van der Waals surface area contributed by atoms with Gasteiger partial charge in [0.05, 0.1) is 12.6 Å². The van der Waals surface area contributed by atoms with Crippen LogP contribution in [0.5, 0.6) is 0 Å². The zero-order valence-electron chi connectivity index (χ0n) is 6.59. The molecule has 1 unspecified atom stereocenters. The third kappa shape index (κ3) is 4.79. The van der Waals surface area contributed by atoms with Gasteiger partial charge in [-0.1, -0.05) is 6.08 Å². The van der Waals surface area contributed by atoms with Gasteiger partial charge in [-0.25, -0.2) is 8.78 Å². The number of carbonyl (C=O) groups is 1. The molecule has 1 amide bonds. The Morgan fingerprint density at radius 2 is 2.25 bits per heavy atom. The van der Waals surface area contributed by atoms with Crippen LogP contribution >= 0.6 is 0 Å². The van der Waals surface area contributed by atoms with Crippen molar-refractivity contribution in [2.45, 2.75) is 18.9 Å². The topological polar surface area (TPSA) is 55.1 Å². The van der Waals surface area contributed by atoms with Crippen molar-refractivity contribution in [3.63, 3.8) is 0 Å². The molecule has 0 aromatic heterocycles. The Kier molecular flexibility index (Phi) is 5.19. The molecule has 0 radical (unpaired) electrons. The third-order valence-corrected chi connectivity index (χ3v) is 1.19. The van der Waals surface area contributed by atoms with E-state index in [0.717, 1.165) is 0 Å². The fraction of sp³-hybridized carbons (Fsp3) is 0.571. The Bertz CT molecular complexity index is 161. The minimum atomic E-state index is -2.54. The lowest BCUT2D eigenvalue weighted by molar-refractivity contribution is -0.122. The molecular weight excluding hydrogens is 166 g/mol. The van der Waals surface area contributed by atoms with Gasteiger partial charge in [0, 0.05) is 0 Å². The van der Waals surface area contributed by atoms with Crippen molar-refractivity contribution in [2.24, 2.45) is 5.73 Å². The van der Waals surface area contributed by atoms with Gasteiger partial charge in [-0.2, -0.15) is 0 Å². The summed E-state index contributed by atoms with van der Waals surface area (Å²) in [5.41, 5.74) is 5.29. The van der Waals surface area contributed by atoms with Crippen LogP contribution in [0.1, 0.15) is 6.42 Å². The largest absolute Gasteiger partial charge is 0.349 e. The molecule has 0 aliphatic carbocycles. The van der Waals surface area contributed by atoms with Gasteiger partial charge in [0.2, 0.25) is 5.91 Å². The number of nitrogens with two attached hydrogens (primary N) is 1. The summed E-state index contributed by atoms with van der Waals surface area (Å²) in [7, 11) is 0. The lowest BCUT2D eigenvalue weighted by Crippen LogP contribution is -2.41. The summed E-state index contributed by atoms with van der Waals surface area (Å²) >= 11 is 0. The Balaban J connectivity index is 3.63. The van der Waals surface area contributed by atoms with Crippen molar-refractivity contribution < 1.29 is 13.6 Å². The van der Waals surface area contributed by atoms with Crippen LogP contribution in [-0.4, -0.2) is 24.9 Å². The van der Waals surface area contributed by atoms with Crippen LogP contribution in [0.2, 0.25) is 0 Å². The summed E-state index contributed by atoms with van der Waals surface area (Å²) in [6, 6.07) is -0.777. The molecule has 5 heteroatoms. The first-order chi connectivity index (χ1) is 5.57. The van der Waals surface area contributed by atoms with Crippen LogP contribution in [0.3, 0.4) is 0 Å². The maximum atomic E-state index is 11.6. The molecule has 0 saturated heterocycles. The van der Waals surface area contributed by atoms with Gasteiger partial charge in [-0.15, -0.1) is 6.58 Å². The first-order valence-electron chi connectivity index (χ1n) is 3.50. The zero-order valence-corrected chi connectivity index (χ0v) is 6.59. The summed E-state index contributed by atoms with van der Waals surface area (Å²) in [6.45, 7) is 2.72. The normalized spacial score (nSPS) is 12.7. The molecule has 12 heavy (non-hydrogen) atoms. The number of carbonyl (C=O) groups excluding carboxylic acids is 1. The molecule has 0 fully saturated rings. The Morgan fingerprint density at radius 3 is 2.67 bits per heavy atom. The molecule has 0 rings (SSSR count). The second-order valence-electron chi connectivity index (χ2n) is 2.27. The molecule has 0 bridgehead atoms. The number of hydrogen-bond acceptors (Lipinski definition) is 2. The molecule has 0 heterocycles. The van der Waals surface area contributed by atoms with Gasteiger partial charge >= 0.3 is 0 Å². The SMILES string of the molecule is C=CCC(N)C(=O)NCC(F)F. The molecule has 0 aromatic rings. The van der Waals surface area contributed by atoms with Crippen molar-refractivity contribution in [1.29, 1.82) is 0 Å². The Labute approximate surface area is 69.6 Å². The van der Waals surface area contributed by atoms with Crippen LogP contribution in [0, 0.1) is 0 Å². The smallest absolute Gasteiger partial charge is 0.255 e. The fourth-order valence-corrected chi connectivity index (χ4v) is 0.595. The summed E-state index contributed by atoms with van der Waals surface area (Å²) in [6.07, 6.45) is -0.785. The van der Waals surface area contributed by atoms with E-state index >= 15 is 0 Å². The standard InChI is InChI=1S/C7H12F2N2O/c1-2-3-5(10)7(12)11-4-6(8)9/h2,5-6H,1,3-4,10H2,(H,11,12). The van der Waals surface area contributed by atoms with Crippen LogP contribution in [0.25, 0.3) is 0 Å². The first kappa shape index (κ1) is 11.0. The summed E-state index contributed by atoms with van der Waals surface area (Å²) in [4.78, 5) is 10.8. The average molecular weight is 178 g/mol. The van der Waals surface area contributed by atoms with Gasteiger partial charge in [0.15, 0.2) is 0 Å². The van der Waals surface area contributed by atoms with E-state index in [-0.39, 0.29) is 6.42 Å². The third-order valence-electron chi connectivity index (χ3n) is 1.19. The van der Waals surface area contributed by atoms with Crippen molar-refractivity contribution in [3.8, 4) is 0 Å². The number of alkyl halides is 2. The summed E-state index contributed by atoms with van der Waals surface area (Å²) in [5.74, 6) is -0.574. The molecule has 1 atom stereocenters. The van der Waals surface area contributed by atoms with E-state index in [0.29, 0.717) is 0 Å². The molecule has 0 aliphatic rings. The number of halogens is 2. The molecule has 0 aromatic carbocycles. The van der Waals surface area contributed by atoms with E-state index < -0.39 is 24.9 Å². The van der Waals surface area contributed by atoms with E-state index in [4.69, 9.17) is 5.73 Å². The van der Waals surface area contributed by atoms with Crippen molar-refractivity contribution in [2.75, 3.05) is 6.54 Å². The monoisotopic (exact) mass is 178 g/mol. The highest BCUT2D eigenvalue weighted by molar-refractivity contribution is 5.81. The van der Waals surface area contributed by atoms with Crippen LogP contribution in [0.4, 0.5) is 8.78 Å². The van der Waals surface area contributed by atoms with Crippen molar-refractivity contribution in [3.05, 3.63) is 12.7 Å². The first-order valence-corrected chi connectivity index (χ1v) is 3.50. The highest BCUT2D eigenvalue weighted by Crippen LogP contribution is 1.91. The molecule has 3 N–H and O–H groups in total. The molecule has 0 saturated carbocycles. The predicted molar refractivity (Wildman–Crippen MR) is 41.8 cm³/mol. The minimum absolute atomic E-state index is 0.287. The Morgan fingerprint density at radius 1 is 1.67 bits per heavy atom. The van der Waals surface area contributed by atoms with Crippen LogP contribution in [-0.2, 0) is 4.79 Å². The van der Waals surface area contributed by atoms with E-state index in [9.17, 15) is 13.6 Å². The van der Waals surface area contributed by atoms with Crippen molar-refractivity contribution >= 4 is 5.91 Å². The van der Waals surface area contributed by atoms with Gasteiger partial charge in [0.25, 0.3) is 6.43 Å². The average Bonchev–Trinajstić information content (AvgIpc) is 2.00. The van der Waals surface area contributed by atoms with Crippen LogP contribution < -0.4 is 11.1 Å². The molecule has 0 spiro atoms.